The first-order chi connectivity index (χ1) is 20.5. The van der Waals surface area contributed by atoms with E-state index in [0.29, 0.717) is 22.8 Å². The summed E-state index contributed by atoms with van der Waals surface area (Å²) in [6, 6.07) is 14.2. The molecule has 2 amide bonds. The van der Waals surface area contributed by atoms with E-state index >= 15 is 0 Å². The van der Waals surface area contributed by atoms with Crippen LogP contribution in [0.3, 0.4) is 0 Å². The number of nitrogens with one attached hydrogen (secondary N) is 2. The van der Waals surface area contributed by atoms with Gasteiger partial charge in [-0.1, -0.05) is 43.5 Å². The molecule has 4 aromatic rings. The first kappa shape index (κ1) is 29.0. The van der Waals surface area contributed by atoms with Gasteiger partial charge in [0.2, 0.25) is 17.6 Å². The highest BCUT2D eigenvalue weighted by Gasteiger charge is 2.35. The lowest BCUT2D eigenvalue weighted by atomic mass is 9.94. The molecule has 0 unspecified atom stereocenters. The van der Waals surface area contributed by atoms with Crippen molar-refractivity contribution >= 4 is 22.7 Å². The smallest absolute Gasteiger partial charge is 0.247 e. The van der Waals surface area contributed by atoms with E-state index in [4.69, 9.17) is 14.2 Å². The molecule has 0 aliphatic heterocycles. The molecule has 2 heterocycles. The van der Waals surface area contributed by atoms with E-state index in [0.717, 1.165) is 47.7 Å². The lowest BCUT2D eigenvalue weighted by Crippen LogP contribution is -2.47. The molecule has 0 spiro atoms. The first-order valence-electron chi connectivity index (χ1n) is 14.4. The van der Waals surface area contributed by atoms with Crippen LogP contribution < -0.4 is 19.5 Å². The van der Waals surface area contributed by atoms with Crippen LogP contribution in [0.25, 0.3) is 10.9 Å². The molecule has 1 saturated carbocycles. The van der Waals surface area contributed by atoms with E-state index in [1.54, 1.807) is 29.4 Å². The number of methoxy groups -OCH3 is 3. The zero-order valence-corrected chi connectivity index (χ0v) is 24.4. The molecule has 1 aliphatic rings. The normalized spacial score (nSPS) is 14.3. The average Bonchev–Trinajstić information content (AvgIpc) is 3.43. The summed E-state index contributed by atoms with van der Waals surface area (Å²) in [5, 5.41) is 4.24. The van der Waals surface area contributed by atoms with Gasteiger partial charge in [-0.3, -0.25) is 14.6 Å². The van der Waals surface area contributed by atoms with Crippen LogP contribution in [0.1, 0.15) is 54.8 Å². The van der Waals surface area contributed by atoms with Crippen LogP contribution in [0, 0.1) is 0 Å². The van der Waals surface area contributed by atoms with Crippen molar-refractivity contribution in [3.63, 3.8) is 0 Å². The summed E-state index contributed by atoms with van der Waals surface area (Å²) in [7, 11) is 4.61. The quantitative estimate of drug-likeness (QED) is 0.252. The van der Waals surface area contributed by atoms with E-state index in [2.05, 4.69) is 15.3 Å². The summed E-state index contributed by atoms with van der Waals surface area (Å²) in [5.41, 5.74) is 3.19. The van der Waals surface area contributed by atoms with Crippen molar-refractivity contribution < 1.29 is 23.8 Å². The third-order valence-electron chi connectivity index (χ3n) is 7.93. The Morgan fingerprint density at radius 2 is 1.74 bits per heavy atom. The minimum atomic E-state index is -0.960. The summed E-state index contributed by atoms with van der Waals surface area (Å²) >= 11 is 0. The zero-order chi connectivity index (χ0) is 29.5. The monoisotopic (exact) mass is 570 g/mol. The van der Waals surface area contributed by atoms with E-state index in [1.165, 1.54) is 27.8 Å². The molecule has 220 valence electrons. The van der Waals surface area contributed by atoms with Crippen LogP contribution in [0.15, 0.2) is 67.1 Å². The molecular formula is C33H38N4O5. The van der Waals surface area contributed by atoms with Crippen molar-refractivity contribution in [1.82, 2.24) is 20.2 Å². The van der Waals surface area contributed by atoms with Crippen molar-refractivity contribution in [1.29, 1.82) is 0 Å². The van der Waals surface area contributed by atoms with Crippen LogP contribution in [0.4, 0.5) is 0 Å². The predicted octanol–water partition coefficient (Wildman–Crippen LogP) is 5.35. The SMILES string of the molecule is COc1cc([C@H](C(=O)NC2CCCCC2)N(Cc2cccnc2)C(=O)Cc2c[nH]c3ccccc23)cc(OC)c1OC. The molecule has 0 bridgehead atoms. The number of rotatable bonds is 11. The molecule has 0 saturated heterocycles. The Morgan fingerprint density at radius 1 is 1.00 bits per heavy atom. The number of ether oxygens (including phenoxy) is 3. The number of fused-ring (bicyclic) bond motifs is 1. The number of carbonyl (C=O) groups is 2. The first-order valence-corrected chi connectivity index (χ1v) is 14.4. The second-order valence-corrected chi connectivity index (χ2v) is 10.6. The van der Waals surface area contributed by atoms with Crippen molar-refractivity contribution in [2.45, 2.75) is 57.2 Å². The summed E-state index contributed by atoms with van der Waals surface area (Å²) < 4.78 is 16.8. The van der Waals surface area contributed by atoms with Crippen LogP contribution in [0.5, 0.6) is 17.2 Å². The van der Waals surface area contributed by atoms with Gasteiger partial charge in [-0.25, -0.2) is 0 Å². The largest absolute Gasteiger partial charge is 0.493 e. The van der Waals surface area contributed by atoms with E-state index < -0.39 is 6.04 Å². The highest BCUT2D eigenvalue weighted by Crippen LogP contribution is 2.41. The molecule has 2 aromatic carbocycles. The topological polar surface area (TPSA) is 106 Å². The fourth-order valence-electron chi connectivity index (χ4n) is 5.81. The van der Waals surface area contributed by atoms with Gasteiger partial charge in [-0.05, 0) is 53.8 Å². The van der Waals surface area contributed by atoms with Gasteiger partial charge in [-0.2, -0.15) is 0 Å². The molecule has 42 heavy (non-hydrogen) atoms. The van der Waals surface area contributed by atoms with E-state index in [1.807, 2.05) is 42.6 Å². The highest BCUT2D eigenvalue weighted by molar-refractivity contribution is 5.92. The molecule has 1 aliphatic carbocycles. The third kappa shape index (κ3) is 6.35. The van der Waals surface area contributed by atoms with Crippen molar-refractivity contribution in [3.8, 4) is 17.2 Å². The van der Waals surface area contributed by atoms with Crippen molar-refractivity contribution in [2.75, 3.05) is 21.3 Å². The van der Waals surface area contributed by atoms with Crippen LogP contribution in [-0.4, -0.2) is 54.1 Å². The second kappa shape index (κ2) is 13.4. The van der Waals surface area contributed by atoms with Crippen LogP contribution >= 0.6 is 0 Å². The number of aromatic nitrogens is 2. The fraction of sp³-hybridized carbons (Fsp3) is 0.364. The van der Waals surface area contributed by atoms with Gasteiger partial charge in [0.1, 0.15) is 6.04 Å². The summed E-state index contributed by atoms with van der Waals surface area (Å²) in [6.07, 6.45) is 10.5. The van der Waals surface area contributed by atoms with Gasteiger partial charge < -0.3 is 29.4 Å². The maximum absolute atomic E-state index is 14.3. The minimum Gasteiger partial charge on any atom is -0.493 e. The van der Waals surface area contributed by atoms with Crippen LogP contribution in [0.2, 0.25) is 0 Å². The van der Waals surface area contributed by atoms with Gasteiger partial charge in [0.15, 0.2) is 11.5 Å². The van der Waals surface area contributed by atoms with Gasteiger partial charge in [0.05, 0.1) is 27.8 Å². The molecule has 5 rings (SSSR count). The number of H-pyrrole nitrogens is 1. The molecule has 1 fully saturated rings. The Labute approximate surface area is 246 Å². The Bertz CT molecular complexity index is 1490. The fourth-order valence-corrected chi connectivity index (χ4v) is 5.81. The number of aromatic amines is 1. The van der Waals surface area contributed by atoms with E-state index in [9.17, 15) is 9.59 Å². The number of pyridine rings is 1. The van der Waals surface area contributed by atoms with Gasteiger partial charge in [0.25, 0.3) is 0 Å². The lowest BCUT2D eigenvalue weighted by Gasteiger charge is -2.34. The van der Waals surface area contributed by atoms with Gasteiger partial charge >= 0.3 is 0 Å². The minimum absolute atomic E-state index is 0.0553. The maximum Gasteiger partial charge on any atom is 0.247 e. The van der Waals surface area contributed by atoms with Gasteiger partial charge in [-0.15, -0.1) is 0 Å². The van der Waals surface area contributed by atoms with E-state index in [-0.39, 0.29) is 30.8 Å². The zero-order valence-electron chi connectivity index (χ0n) is 24.4. The molecule has 0 radical (unpaired) electrons. The Kier molecular flexibility index (Phi) is 9.26. The molecular weight excluding hydrogens is 532 g/mol. The van der Waals surface area contributed by atoms with Crippen molar-refractivity contribution in [2.24, 2.45) is 0 Å². The molecule has 1 atom stereocenters. The second-order valence-electron chi connectivity index (χ2n) is 10.6. The standard InChI is InChI=1S/C33H38N4O5/c1-40-28-16-23(17-29(41-2)32(28)42-3)31(33(39)36-25-11-5-4-6-12-25)37(21-22-10-9-15-34-19-22)30(38)18-24-20-35-27-14-8-7-13-26(24)27/h7-10,13-17,19-20,25,31,35H,4-6,11-12,18,21H2,1-3H3,(H,36,39)/t31-/m1/s1. The Morgan fingerprint density at radius 3 is 2.40 bits per heavy atom. The third-order valence-corrected chi connectivity index (χ3v) is 7.93. The number of carbonyl (C=O) groups excluding carboxylic acids is 2. The molecule has 9 heteroatoms. The molecule has 9 nitrogen and oxygen atoms in total. The summed E-state index contributed by atoms with van der Waals surface area (Å²) in [6.45, 7) is 0.189. The maximum atomic E-state index is 14.3. The van der Waals surface area contributed by atoms with Gasteiger partial charge in [0, 0.05) is 42.1 Å². The number of amides is 2. The number of benzene rings is 2. The number of nitrogens with zero attached hydrogens (tertiary/aromatic N) is 2. The number of hydrogen-bond acceptors (Lipinski definition) is 6. The molecule has 2 aromatic heterocycles. The average molecular weight is 571 g/mol. The summed E-state index contributed by atoms with van der Waals surface area (Å²) in [4.78, 5) is 37.8. The van der Waals surface area contributed by atoms with Crippen molar-refractivity contribution in [3.05, 3.63) is 83.8 Å². The number of para-hydroxylation sites is 1. The number of hydrogen-bond donors (Lipinski definition) is 2. The van der Waals surface area contributed by atoms with Crippen LogP contribution in [-0.2, 0) is 22.6 Å². The highest BCUT2D eigenvalue weighted by atomic mass is 16.5. The molecule has 2 N–H and O–H groups in total. The lowest BCUT2D eigenvalue weighted by molar-refractivity contribution is -0.141. The Hall–Kier alpha value is -4.53. The summed E-state index contributed by atoms with van der Waals surface area (Å²) in [5.74, 6) is 0.799. The Balaban J connectivity index is 1.59. The predicted molar refractivity (Wildman–Crippen MR) is 161 cm³/mol.